The van der Waals surface area contributed by atoms with Crippen LogP contribution in [0.2, 0.25) is 0 Å². The van der Waals surface area contributed by atoms with Crippen molar-refractivity contribution in [2.45, 2.75) is 44.9 Å². The standard InChI is InChI=1S/C23H28F3N7O/c1-4-27-19-13-15(2)29-20-16(14-28-33(19)20)21(34)31-9-7-22(8-10-31)17-5-6-18(23(24,25)26)32(17)12-11-30(22)3/h5-6,13-14,27H,4,7-12H2,1-3H3. The van der Waals surface area contributed by atoms with Crippen molar-refractivity contribution in [3.8, 4) is 0 Å². The van der Waals surface area contributed by atoms with Crippen molar-refractivity contribution in [3.63, 3.8) is 0 Å². The maximum absolute atomic E-state index is 13.5. The molecule has 1 N–H and O–H groups in total. The number of likely N-dealkylation sites (N-methyl/N-ethyl adjacent to an activating group) is 1. The molecule has 0 saturated carbocycles. The number of alkyl halides is 3. The van der Waals surface area contributed by atoms with Crippen LogP contribution in [0.1, 0.15) is 47.2 Å². The Kier molecular flexibility index (Phi) is 5.34. The highest BCUT2D eigenvalue weighted by Crippen LogP contribution is 2.44. The summed E-state index contributed by atoms with van der Waals surface area (Å²) in [6.45, 7) is 6.29. The largest absolute Gasteiger partial charge is 0.431 e. The van der Waals surface area contributed by atoms with E-state index in [0.29, 0.717) is 62.5 Å². The molecular formula is C23H28F3N7O. The number of aryl methyl sites for hydroxylation is 1. The fourth-order valence-electron chi connectivity index (χ4n) is 5.45. The Labute approximate surface area is 195 Å². The number of fused-ring (bicyclic) bond motifs is 3. The number of rotatable bonds is 3. The molecule has 3 aromatic rings. The zero-order valence-corrected chi connectivity index (χ0v) is 19.5. The number of hydrogen-bond donors (Lipinski definition) is 1. The Morgan fingerprint density at radius 2 is 1.91 bits per heavy atom. The lowest BCUT2D eigenvalue weighted by molar-refractivity contribution is -0.144. The molecule has 2 aliphatic rings. The minimum Gasteiger partial charge on any atom is -0.370 e. The summed E-state index contributed by atoms with van der Waals surface area (Å²) in [7, 11) is 1.96. The number of aromatic nitrogens is 4. The third-order valence-electron chi connectivity index (χ3n) is 7.20. The summed E-state index contributed by atoms with van der Waals surface area (Å²) in [5.74, 6) is 0.613. The Bertz CT molecular complexity index is 1240. The molecule has 0 atom stereocenters. The normalized spacial score (nSPS) is 18.5. The van der Waals surface area contributed by atoms with Crippen LogP contribution in [-0.2, 0) is 18.3 Å². The molecular weight excluding hydrogens is 447 g/mol. The number of hydrogen-bond acceptors (Lipinski definition) is 5. The van der Waals surface area contributed by atoms with E-state index in [1.807, 2.05) is 27.0 Å². The van der Waals surface area contributed by atoms with Crippen LogP contribution in [0.3, 0.4) is 0 Å². The van der Waals surface area contributed by atoms with Crippen molar-refractivity contribution in [2.24, 2.45) is 0 Å². The molecule has 1 fully saturated rings. The van der Waals surface area contributed by atoms with E-state index >= 15 is 0 Å². The Hall–Kier alpha value is -3.08. The second-order valence-electron chi connectivity index (χ2n) is 9.11. The molecule has 1 saturated heterocycles. The van der Waals surface area contributed by atoms with E-state index in [1.165, 1.54) is 10.6 Å². The summed E-state index contributed by atoms with van der Waals surface area (Å²) in [6.07, 6.45) is -1.72. The number of nitrogens with zero attached hydrogens (tertiary/aromatic N) is 6. The number of likely N-dealkylation sites (tertiary alicyclic amines) is 1. The summed E-state index contributed by atoms with van der Waals surface area (Å²) in [6, 6.07) is 4.67. The molecule has 0 unspecified atom stereocenters. The topological polar surface area (TPSA) is 70.7 Å². The van der Waals surface area contributed by atoms with Crippen LogP contribution in [-0.4, -0.2) is 68.1 Å². The van der Waals surface area contributed by atoms with Gasteiger partial charge in [0.2, 0.25) is 0 Å². The molecule has 0 aliphatic carbocycles. The van der Waals surface area contributed by atoms with Gasteiger partial charge in [-0.05, 0) is 45.9 Å². The van der Waals surface area contributed by atoms with Gasteiger partial charge < -0.3 is 14.8 Å². The van der Waals surface area contributed by atoms with Crippen molar-refractivity contribution in [2.75, 3.05) is 38.5 Å². The van der Waals surface area contributed by atoms with Crippen LogP contribution in [0.15, 0.2) is 24.4 Å². The first-order chi connectivity index (χ1) is 16.2. The second-order valence-corrected chi connectivity index (χ2v) is 9.11. The first-order valence-corrected chi connectivity index (χ1v) is 11.5. The van der Waals surface area contributed by atoms with E-state index in [1.54, 1.807) is 21.7 Å². The number of amides is 1. The van der Waals surface area contributed by atoms with Crippen LogP contribution in [0.5, 0.6) is 0 Å². The molecule has 0 radical (unpaired) electrons. The van der Waals surface area contributed by atoms with Gasteiger partial charge in [-0.25, -0.2) is 4.98 Å². The lowest BCUT2D eigenvalue weighted by atomic mass is 9.81. The predicted molar refractivity (Wildman–Crippen MR) is 121 cm³/mol. The maximum Gasteiger partial charge on any atom is 0.431 e. The minimum atomic E-state index is -4.38. The SMILES string of the molecule is CCNc1cc(C)nc2c(C(=O)N3CCC4(CC3)c3ccc(C(F)(F)F)n3CCN4C)cnn12. The molecule has 0 bridgehead atoms. The van der Waals surface area contributed by atoms with Gasteiger partial charge in [0.15, 0.2) is 5.65 Å². The summed E-state index contributed by atoms with van der Waals surface area (Å²) in [5, 5.41) is 7.61. The fraction of sp³-hybridized carbons (Fsp3) is 0.522. The number of piperidine rings is 1. The maximum atomic E-state index is 13.5. The van der Waals surface area contributed by atoms with Gasteiger partial charge in [0.05, 0.1) is 11.7 Å². The lowest BCUT2D eigenvalue weighted by Gasteiger charge is -2.50. The van der Waals surface area contributed by atoms with Crippen LogP contribution in [0, 0.1) is 6.92 Å². The Morgan fingerprint density at radius 1 is 1.18 bits per heavy atom. The van der Waals surface area contributed by atoms with Crippen molar-refractivity contribution in [1.82, 2.24) is 29.0 Å². The van der Waals surface area contributed by atoms with Gasteiger partial charge in [0, 0.05) is 50.2 Å². The van der Waals surface area contributed by atoms with E-state index in [2.05, 4.69) is 20.3 Å². The molecule has 2 aliphatic heterocycles. The molecule has 11 heteroatoms. The van der Waals surface area contributed by atoms with Crippen LogP contribution in [0.4, 0.5) is 19.0 Å². The minimum absolute atomic E-state index is 0.157. The molecule has 8 nitrogen and oxygen atoms in total. The molecule has 3 aromatic heterocycles. The third kappa shape index (κ3) is 3.44. The van der Waals surface area contributed by atoms with Gasteiger partial charge in [-0.2, -0.15) is 22.8 Å². The number of nitrogens with one attached hydrogen (secondary N) is 1. The van der Waals surface area contributed by atoms with E-state index in [4.69, 9.17) is 0 Å². The molecule has 1 spiro atoms. The predicted octanol–water partition coefficient (Wildman–Crippen LogP) is 3.37. The first kappa shape index (κ1) is 22.7. The zero-order chi connectivity index (χ0) is 24.3. The van der Waals surface area contributed by atoms with E-state index < -0.39 is 17.4 Å². The number of anilines is 1. The van der Waals surface area contributed by atoms with Gasteiger partial charge in [0.25, 0.3) is 5.91 Å². The Morgan fingerprint density at radius 3 is 2.59 bits per heavy atom. The van der Waals surface area contributed by atoms with Crippen molar-refractivity contribution < 1.29 is 18.0 Å². The van der Waals surface area contributed by atoms with E-state index in [0.717, 1.165) is 11.5 Å². The molecule has 5 heterocycles. The van der Waals surface area contributed by atoms with E-state index in [-0.39, 0.29) is 5.91 Å². The highest BCUT2D eigenvalue weighted by Gasteiger charge is 2.47. The average molecular weight is 476 g/mol. The van der Waals surface area contributed by atoms with Gasteiger partial charge in [0.1, 0.15) is 17.1 Å². The highest BCUT2D eigenvalue weighted by molar-refractivity contribution is 6.00. The van der Waals surface area contributed by atoms with E-state index in [9.17, 15) is 18.0 Å². The quantitative estimate of drug-likeness (QED) is 0.629. The molecule has 182 valence electrons. The summed E-state index contributed by atoms with van der Waals surface area (Å²) >= 11 is 0. The van der Waals surface area contributed by atoms with Crippen molar-refractivity contribution in [3.05, 3.63) is 47.0 Å². The second kappa shape index (κ2) is 8.00. The van der Waals surface area contributed by atoms with Gasteiger partial charge >= 0.3 is 6.18 Å². The molecule has 0 aromatic carbocycles. The van der Waals surface area contributed by atoms with Gasteiger partial charge in [-0.1, -0.05) is 0 Å². The Balaban J connectivity index is 1.41. The number of carbonyl (C=O) groups is 1. The summed E-state index contributed by atoms with van der Waals surface area (Å²) in [5.41, 5.74) is 1.27. The fourth-order valence-corrected chi connectivity index (χ4v) is 5.45. The van der Waals surface area contributed by atoms with Gasteiger partial charge in [-0.3, -0.25) is 9.69 Å². The van der Waals surface area contributed by atoms with Crippen molar-refractivity contribution >= 4 is 17.4 Å². The van der Waals surface area contributed by atoms with Crippen LogP contribution >= 0.6 is 0 Å². The van der Waals surface area contributed by atoms with Crippen molar-refractivity contribution in [1.29, 1.82) is 0 Å². The van der Waals surface area contributed by atoms with Crippen LogP contribution in [0.25, 0.3) is 5.65 Å². The number of carbonyl (C=O) groups excluding carboxylic acids is 1. The third-order valence-corrected chi connectivity index (χ3v) is 7.20. The average Bonchev–Trinajstić information content (AvgIpc) is 3.42. The molecule has 34 heavy (non-hydrogen) atoms. The van der Waals surface area contributed by atoms with Crippen LogP contribution < -0.4 is 5.32 Å². The molecule has 1 amide bonds. The number of halogens is 3. The summed E-state index contributed by atoms with van der Waals surface area (Å²) in [4.78, 5) is 21.9. The highest BCUT2D eigenvalue weighted by atomic mass is 19.4. The smallest absolute Gasteiger partial charge is 0.370 e. The lowest BCUT2D eigenvalue weighted by Crippen LogP contribution is -2.56. The zero-order valence-electron chi connectivity index (χ0n) is 19.5. The molecule has 5 rings (SSSR count). The first-order valence-electron chi connectivity index (χ1n) is 11.5. The monoisotopic (exact) mass is 475 g/mol. The summed E-state index contributed by atoms with van der Waals surface area (Å²) < 4.78 is 43.6. The van der Waals surface area contributed by atoms with Gasteiger partial charge in [-0.15, -0.1) is 0 Å².